The molecule has 280 valence electrons. The molecule has 12 aromatic rings. The summed E-state index contributed by atoms with van der Waals surface area (Å²) in [5.41, 5.74) is 15.5. The zero-order valence-electron chi connectivity index (χ0n) is 32.6. The minimum absolute atomic E-state index is 0.645. The molecule has 9 aromatic carbocycles. The van der Waals surface area contributed by atoms with E-state index in [0.29, 0.717) is 5.95 Å². The summed E-state index contributed by atoms with van der Waals surface area (Å²) in [4.78, 5) is 10.8. The van der Waals surface area contributed by atoms with Gasteiger partial charge in [-0.25, -0.2) is 9.97 Å². The molecule has 3 aromatic heterocycles. The van der Waals surface area contributed by atoms with Crippen LogP contribution in [0.5, 0.6) is 0 Å². The molecule has 0 atom stereocenters. The molecule has 0 fully saturated rings. The maximum atomic E-state index is 5.42. The Morgan fingerprint density at radius 3 is 1.38 bits per heavy atom. The van der Waals surface area contributed by atoms with E-state index in [-0.39, 0.29) is 0 Å². The van der Waals surface area contributed by atoms with Gasteiger partial charge in [0.15, 0.2) is 0 Å². The summed E-state index contributed by atoms with van der Waals surface area (Å²) in [6.07, 6.45) is 0. The smallest absolute Gasteiger partial charge is 0.235 e. The van der Waals surface area contributed by atoms with Crippen LogP contribution in [0.25, 0.3) is 111 Å². The predicted molar refractivity (Wildman–Crippen MR) is 250 cm³/mol. The molecular weight excluding hydrogens is 729 g/mol. The first-order valence-electron chi connectivity index (χ1n) is 20.4. The van der Waals surface area contributed by atoms with Crippen molar-refractivity contribution in [2.75, 3.05) is 0 Å². The topological polar surface area (TPSA) is 35.6 Å². The lowest BCUT2D eigenvalue weighted by molar-refractivity contribution is 1.01. The Hall–Kier alpha value is -8.08. The van der Waals surface area contributed by atoms with Crippen LogP contribution in [0.2, 0.25) is 0 Å². The van der Waals surface area contributed by atoms with E-state index in [1.165, 1.54) is 33.0 Å². The van der Waals surface area contributed by atoms with E-state index in [1.54, 1.807) is 0 Å². The molecule has 60 heavy (non-hydrogen) atoms. The molecular formula is C56H36N4. The van der Waals surface area contributed by atoms with Crippen LogP contribution < -0.4 is 0 Å². The molecule has 3 heterocycles. The van der Waals surface area contributed by atoms with Crippen molar-refractivity contribution in [1.29, 1.82) is 0 Å². The van der Waals surface area contributed by atoms with Gasteiger partial charge in [0.1, 0.15) is 0 Å². The summed E-state index contributed by atoms with van der Waals surface area (Å²) >= 11 is 0. The third-order valence-electron chi connectivity index (χ3n) is 11.9. The molecule has 0 radical (unpaired) electrons. The van der Waals surface area contributed by atoms with Gasteiger partial charge in [0, 0.05) is 38.2 Å². The van der Waals surface area contributed by atoms with Crippen molar-refractivity contribution < 1.29 is 0 Å². The summed E-state index contributed by atoms with van der Waals surface area (Å²) < 4.78 is 4.68. The Morgan fingerprint density at radius 1 is 0.267 bits per heavy atom. The fourth-order valence-corrected chi connectivity index (χ4v) is 9.08. The molecule has 0 spiro atoms. The molecule has 4 nitrogen and oxygen atoms in total. The van der Waals surface area contributed by atoms with Crippen molar-refractivity contribution in [3.8, 4) is 56.3 Å². The molecule has 0 amide bonds. The van der Waals surface area contributed by atoms with Crippen molar-refractivity contribution in [1.82, 2.24) is 19.1 Å². The Bertz CT molecular complexity index is 3570. The number of rotatable bonds is 6. The van der Waals surface area contributed by atoms with E-state index >= 15 is 0 Å². The van der Waals surface area contributed by atoms with Crippen molar-refractivity contribution >= 4 is 54.5 Å². The van der Waals surface area contributed by atoms with Crippen LogP contribution in [-0.2, 0) is 0 Å². The minimum Gasteiger partial charge on any atom is -0.309 e. The molecule has 0 saturated carbocycles. The second kappa shape index (κ2) is 13.8. The summed E-state index contributed by atoms with van der Waals surface area (Å²) in [5.74, 6) is 0.645. The lowest BCUT2D eigenvalue weighted by atomic mass is 10.00. The first kappa shape index (κ1) is 34.0. The van der Waals surface area contributed by atoms with Crippen molar-refractivity contribution in [3.05, 3.63) is 218 Å². The Morgan fingerprint density at radius 2 is 0.733 bits per heavy atom. The summed E-state index contributed by atoms with van der Waals surface area (Å²) in [7, 11) is 0. The normalized spacial score (nSPS) is 11.7. The fourth-order valence-electron chi connectivity index (χ4n) is 9.08. The molecule has 0 bridgehead atoms. The Kier molecular flexibility index (Phi) is 7.82. The number of nitrogens with zero attached hydrogens (tertiary/aromatic N) is 4. The lowest BCUT2D eigenvalue weighted by Crippen LogP contribution is -2.03. The third kappa shape index (κ3) is 5.53. The highest BCUT2D eigenvalue weighted by atomic mass is 15.2. The first-order chi connectivity index (χ1) is 29.7. The highest BCUT2D eigenvalue weighted by Gasteiger charge is 2.21. The standard InChI is InChI=1S/C56H36N4/c1-4-15-37(16-5-1)39-27-29-40(30-28-39)42-21-14-22-44(33-42)59-51-25-12-10-23-45(51)48-36-54-49(35-53(48)59)46-24-11-13-26-52(46)60(54)56-57-50-34-43(38-17-6-2-7-18-38)31-32-47(50)55(58-56)41-19-8-3-9-20-41/h1-36H. The monoisotopic (exact) mass is 764 g/mol. The molecule has 0 aliphatic carbocycles. The summed E-state index contributed by atoms with van der Waals surface area (Å²) in [6.45, 7) is 0. The van der Waals surface area contributed by atoms with Gasteiger partial charge in [0.25, 0.3) is 0 Å². The number of hydrogen-bond acceptors (Lipinski definition) is 2. The van der Waals surface area contributed by atoms with Crippen LogP contribution >= 0.6 is 0 Å². The van der Waals surface area contributed by atoms with Gasteiger partial charge in [-0.05, 0) is 81.9 Å². The molecule has 12 rings (SSSR count). The maximum absolute atomic E-state index is 5.42. The predicted octanol–water partition coefficient (Wildman–Crippen LogP) is 14.5. The van der Waals surface area contributed by atoms with E-state index in [4.69, 9.17) is 9.97 Å². The van der Waals surface area contributed by atoms with Gasteiger partial charge >= 0.3 is 0 Å². The lowest BCUT2D eigenvalue weighted by Gasteiger charge is -2.13. The van der Waals surface area contributed by atoms with Gasteiger partial charge in [-0.2, -0.15) is 0 Å². The van der Waals surface area contributed by atoms with Gasteiger partial charge in [0.05, 0.1) is 33.3 Å². The molecule has 0 saturated heterocycles. The minimum atomic E-state index is 0.645. The second-order valence-electron chi connectivity index (χ2n) is 15.4. The number of benzene rings is 9. The van der Waals surface area contributed by atoms with Crippen molar-refractivity contribution in [2.24, 2.45) is 0 Å². The Balaban J connectivity index is 1.07. The van der Waals surface area contributed by atoms with Crippen molar-refractivity contribution in [2.45, 2.75) is 0 Å². The molecule has 0 aliphatic heterocycles. The van der Waals surface area contributed by atoms with Gasteiger partial charge in [0.2, 0.25) is 5.95 Å². The van der Waals surface area contributed by atoms with Crippen LogP contribution in [0, 0.1) is 0 Å². The number of hydrogen-bond donors (Lipinski definition) is 0. The Labute approximate surface area is 346 Å². The average Bonchev–Trinajstić information content (AvgIpc) is 3.83. The first-order valence-corrected chi connectivity index (χ1v) is 20.4. The highest BCUT2D eigenvalue weighted by molar-refractivity contribution is 6.19. The van der Waals surface area contributed by atoms with E-state index in [1.807, 2.05) is 0 Å². The van der Waals surface area contributed by atoms with Gasteiger partial charge in [-0.1, -0.05) is 170 Å². The number of aromatic nitrogens is 4. The van der Waals surface area contributed by atoms with Crippen LogP contribution in [-0.4, -0.2) is 19.1 Å². The fraction of sp³-hybridized carbons (Fsp3) is 0. The van der Waals surface area contributed by atoms with E-state index in [0.717, 1.165) is 71.8 Å². The van der Waals surface area contributed by atoms with Gasteiger partial charge in [-0.15, -0.1) is 0 Å². The highest BCUT2D eigenvalue weighted by Crippen LogP contribution is 2.41. The SMILES string of the molecule is c1ccc(-c2ccc(-c3cccc(-n4c5ccccc5c5cc6c(cc54)c4ccccc4n6-c4nc(-c5ccccc5)c5ccc(-c6ccccc6)cc5n4)c3)cc2)cc1. The van der Waals surface area contributed by atoms with Crippen LogP contribution in [0.1, 0.15) is 0 Å². The van der Waals surface area contributed by atoms with Crippen molar-refractivity contribution in [3.63, 3.8) is 0 Å². The molecule has 0 unspecified atom stereocenters. The quantitative estimate of drug-likeness (QED) is 0.169. The van der Waals surface area contributed by atoms with E-state index in [9.17, 15) is 0 Å². The zero-order valence-corrected chi connectivity index (χ0v) is 32.6. The van der Waals surface area contributed by atoms with E-state index in [2.05, 4.69) is 228 Å². The molecule has 0 N–H and O–H groups in total. The van der Waals surface area contributed by atoms with E-state index < -0.39 is 0 Å². The zero-order chi connectivity index (χ0) is 39.6. The van der Waals surface area contributed by atoms with Gasteiger partial charge < -0.3 is 4.57 Å². The van der Waals surface area contributed by atoms with Crippen LogP contribution in [0.15, 0.2) is 218 Å². The van der Waals surface area contributed by atoms with Crippen LogP contribution in [0.4, 0.5) is 0 Å². The largest absolute Gasteiger partial charge is 0.309 e. The average molecular weight is 765 g/mol. The third-order valence-corrected chi connectivity index (χ3v) is 11.9. The molecule has 4 heteroatoms. The number of para-hydroxylation sites is 2. The maximum Gasteiger partial charge on any atom is 0.235 e. The van der Waals surface area contributed by atoms with Gasteiger partial charge in [-0.3, -0.25) is 4.57 Å². The summed E-state index contributed by atoms with van der Waals surface area (Å²) in [6, 6.07) is 78.0. The van der Waals surface area contributed by atoms with Crippen LogP contribution in [0.3, 0.4) is 0 Å². The number of fused-ring (bicyclic) bond motifs is 7. The summed E-state index contributed by atoms with van der Waals surface area (Å²) in [5, 5.41) is 5.69. The molecule has 0 aliphatic rings. The second-order valence-corrected chi connectivity index (χ2v) is 15.4.